The molecule has 2 atom stereocenters. The molecule has 3 nitrogen and oxygen atoms in total. The van der Waals surface area contributed by atoms with E-state index in [0.717, 1.165) is 10.9 Å². The lowest BCUT2D eigenvalue weighted by molar-refractivity contribution is -0.0967. The highest BCUT2D eigenvalue weighted by molar-refractivity contribution is 9.10. The molecule has 0 amide bonds. The second-order valence-corrected chi connectivity index (χ2v) is 4.80. The van der Waals surface area contributed by atoms with Crippen molar-refractivity contribution in [2.24, 2.45) is 5.73 Å². The first kappa shape index (κ1) is 12.0. The maximum absolute atomic E-state index is 6.12. The van der Waals surface area contributed by atoms with Gasteiger partial charge in [0.25, 0.3) is 0 Å². The van der Waals surface area contributed by atoms with Gasteiger partial charge in [-0.25, -0.2) is 0 Å². The van der Waals surface area contributed by atoms with Crippen LogP contribution in [0.1, 0.15) is 5.56 Å². The van der Waals surface area contributed by atoms with Crippen LogP contribution in [-0.4, -0.2) is 32.0 Å². The zero-order valence-corrected chi connectivity index (χ0v) is 10.7. The summed E-state index contributed by atoms with van der Waals surface area (Å²) in [4.78, 5) is 0. The van der Waals surface area contributed by atoms with Gasteiger partial charge in [-0.2, -0.15) is 0 Å². The molecule has 0 aliphatic carbocycles. The van der Waals surface area contributed by atoms with Gasteiger partial charge in [0.15, 0.2) is 0 Å². The van der Waals surface area contributed by atoms with Crippen molar-refractivity contribution in [1.82, 2.24) is 0 Å². The van der Waals surface area contributed by atoms with Crippen LogP contribution in [0.25, 0.3) is 0 Å². The summed E-state index contributed by atoms with van der Waals surface area (Å²) >= 11 is 3.52. The van der Waals surface area contributed by atoms with Crippen LogP contribution in [0.5, 0.6) is 0 Å². The first-order chi connectivity index (χ1) is 7.77. The Morgan fingerprint density at radius 3 is 2.88 bits per heavy atom. The predicted molar refractivity (Wildman–Crippen MR) is 66.4 cm³/mol. The molecule has 1 aromatic carbocycles. The van der Waals surface area contributed by atoms with E-state index in [1.165, 1.54) is 5.56 Å². The van der Waals surface area contributed by atoms with Gasteiger partial charge in [-0.1, -0.05) is 34.1 Å². The van der Waals surface area contributed by atoms with Crippen molar-refractivity contribution in [2.45, 2.75) is 18.6 Å². The number of hydrogen-bond acceptors (Lipinski definition) is 3. The molecule has 0 saturated carbocycles. The van der Waals surface area contributed by atoms with Gasteiger partial charge in [0.1, 0.15) is 0 Å². The zero-order chi connectivity index (χ0) is 11.4. The molecule has 1 aliphatic heterocycles. The Labute approximate surface area is 104 Å². The summed E-state index contributed by atoms with van der Waals surface area (Å²) in [7, 11) is 0. The van der Waals surface area contributed by atoms with Crippen LogP contribution >= 0.6 is 15.9 Å². The smallest absolute Gasteiger partial charge is 0.0963 e. The van der Waals surface area contributed by atoms with E-state index in [1.54, 1.807) is 0 Å². The number of nitrogens with two attached hydrogens (primary N) is 1. The lowest BCUT2D eigenvalue weighted by Crippen LogP contribution is -2.44. The Morgan fingerprint density at radius 1 is 1.38 bits per heavy atom. The van der Waals surface area contributed by atoms with E-state index in [0.29, 0.717) is 19.8 Å². The summed E-state index contributed by atoms with van der Waals surface area (Å²) in [6.45, 7) is 1.93. The molecule has 1 fully saturated rings. The molecule has 88 valence electrons. The molecular weight excluding hydrogens is 270 g/mol. The Kier molecular flexibility index (Phi) is 4.35. The number of halogens is 1. The minimum atomic E-state index is -0.0148. The minimum Gasteiger partial charge on any atom is -0.376 e. The lowest BCUT2D eigenvalue weighted by atomic mass is 10.0. The Hall–Kier alpha value is -0.420. The molecule has 0 bridgehead atoms. The summed E-state index contributed by atoms with van der Waals surface area (Å²) in [5.41, 5.74) is 7.34. The number of ether oxygens (including phenoxy) is 2. The van der Waals surface area contributed by atoms with Crippen LogP contribution in [0.3, 0.4) is 0 Å². The Morgan fingerprint density at radius 2 is 2.19 bits per heavy atom. The first-order valence-electron chi connectivity index (χ1n) is 5.45. The van der Waals surface area contributed by atoms with Gasteiger partial charge in [0, 0.05) is 10.5 Å². The summed E-state index contributed by atoms with van der Waals surface area (Å²) < 4.78 is 12.0. The molecular formula is C12H16BrNO2. The summed E-state index contributed by atoms with van der Waals surface area (Å²) in [6.07, 6.45) is 0.816. The average molecular weight is 286 g/mol. The van der Waals surface area contributed by atoms with Gasteiger partial charge in [0.05, 0.1) is 25.9 Å². The summed E-state index contributed by atoms with van der Waals surface area (Å²) in [6, 6.07) is 8.11. The molecule has 1 saturated heterocycles. The molecule has 2 N–H and O–H groups in total. The van der Waals surface area contributed by atoms with Crippen LogP contribution in [0.4, 0.5) is 0 Å². The first-order valence-corrected chi connectivity index (χ1v) is 6.25. The van der Waals surface area contributed by atoms with E-state index >= 15 is 0 Å². The van der Waals surface area contributed by atoms with Gasteiger partial charge in [-0.05, 0) is 18.1 Å². The molecule has 1 heterocycles. The quantitative estimate of drug-likeness (QED) is 0.920. The molecule has 0 spiro atoms. The monoisotopic (exact) mass is 285 g/mol. The maximum atomic E-state index is 6.12. The van der Waals surface area contributed by atoms with Crippen LogP contribution < -0.4 is 5.73 Å². The highest BCUT2D eigenvalue weighted by atomic mass is 79.9. The van der Waals surface area contributed by atoms with Crippen LogP contribution in [0.15, 0.2) is 28.7 Å². The molecule has 4 heteroatoms. The molecule has 0 aromatic heterocycles. The molecule has 2 rings (SSSR count). The van der Waals surface area contributed by atoms with E-state index in [2.05, 4.69) is 22.0 Å². The number of hydrogen-bond donors (Lipinski definition) is 1. The van der Waals surface area contributed by atoms with Gasteiger partial charge in [-0.3, -0.25) is 0 Å². The summed E-state index contributed by atoms with van der Waals surface area (Å²) in [5, 5.41) is 0. The lowest BCUT2D eigenvalue weighted by Gasteiger charge is -2.28. The van der Waals surface area contributed by atoms with Gasteiger partial charge in [-0.15, -0.1) is 0 Å². The molecule has 2 unspecified atom stereocenters. The SMILES string of the molecule is NC(Cc1ccccc1Br)C1COCCO1. The molecule has 16 heavy (non-hydrogen) atoms. The Bertz CT molecular complexity index is 340. The Balaban J connectivity index is 1.96. The largest absolute Gasteiger partial charge is 0.376 e. The predicted octanol–water partition coefficient (Wildman–Crippen LogP) is 1.73. The minimum absolute atomic E-state index is 0.0147. The number of benzene rings is 1. The molecule has 0 radical (unpaired) electrons. The fraction of sp³-hybridized carbons (Fsp3) is 0.500. The van der Waals surface area contributed by atoms with Crippen LogP contribution in [-0.2, 0) is 15.9 Å². The third kappa shape index (κ3) is 3.04. The van der Waals surface area contributed by atoms with E-state index in [4.69, 9.17) is 15.2 Å². The second kappa shape index (κ2) is 5.77. The highest BCUT2D eigenvalue weighted by Crippen LogP contribution is 2.18. The van der Waals surface area contributed by atoms with Gasteiger partial charge in [0.2, 0.25) is 0 Å². The van der Waals surface area contributed by atoms with Crippen LogP contribution in [0.2, 0.25) is 0 Å². The third-order valence-corrected chi connectivity index (χ3v) is 3.51. The zero-order valence-electron chi connectivity index (χ0n) is 9.06. The van der Waals surface area contributed by atoms with Crippen molar-refractivity contribution in [3.8, 4) is 0 Å². The average Bonchev–Trinajstić information content (AvgIpc) is 2.33. The molecule has 1 aromatic rings. The molecule has 1 aliphatic rings. The van der Waals surface area contributed by atoms with Crippen LogP contribution in [0, 0.1) is 0 Å². The fourth-order valence-corrected chi connectivity index (χ4v) is 2.25. The van der Waals surface area contributed by atoms with E-state index in [-0.39, 0.29) is 12.1 Å². The normalized spacial score (nSPS) is 23.0. The van der Waals surface area contributed by atoms with E-state index in [1.807, 2.05) is 18.2 Å². The fourth-order valence-electron chi connectivity index (χ4n) is 1.80. The van der Waals surface area contributed by atoms with Crippen molar-refractivity contribution in [3.63, 3.8) is 0 Å². The van der Waals surface area contributed by atoms with Crippen molar-refractivity contribution in [2.75, 3.05) is 19.8 Å². The van der Waals surface area contributed by atoms with E-state index in [9.17, 15) is 0 Å². The number of rotatable bonds is 3. The van der Waals surface area contributed by atoms with Crippen molar-refractivity contribution < 1.29 is 9.47 Å². The maximum Gasteiger partial charge on any atom is 0.0963 e. The van der Waals surface area contributed by atoms with Crippen molar-refractivity contribution in [1.29, 1.82) is 0 Å². The van der Waals surface area contributed by atoms with Gasteiger partial charge >= 0.3 is 0 Å². The topological polar surface area (TPSA) is 44.5 Å². The highest BCUT2D eigenvalue weighted by Gasteiger charge is 2.22. The van der Waals surface area contributed by atoms with Crippen molar-refractivity contribution >= 4 is 15.9 Å². The van der Waals surface area contributed by atoms with Crippen molar-refractivity contribution in [3.05, 3.63) is 34.3 Å². The van der Waals surface area contributed by atoms with E-state index < -0.39 is 0 Å². The third-order valence-electron chi connectivity index (χ3n) is 2.73. The second-order valence-electron chi connectivity index (χ2n) is 3.94. The van der Waals surface area contributed by atoms with Gasteiger partial charge < -0.3 is 15.2 Å². The summed E-state index contributed by atoms with van der Waals surface area (Å²) in [5.74, 6) is 0. The standard InChI is InChI=1S/C12H16BrNO2/c13-10-4-2-1-3-9(10)7-11(14)12-8-15-5-6-16-12/h1-4,11-12H,5-8,14H2.